The van der Waals surface area contributed by atoms with Gasteiger partial charge in [0.25, 0.3) is 16.8 Å². The van der Waals surface area contributed by atoms with E-state index in [0.29, 0.717) is 23.0 Å². The van der Waals surface area contributed by atoms with E-state index < -0.39 is 28.5 Å². The van der Waals surface area contributed by atoms with Crippen molar-refractivity contribution in [2.24, 2.45) is 0 Å². The largest absolute Gasteiger partial charge is 0.325 e. The number of nitro benzene ring substituents is 1. The van der Waals surface area contributed by atoms with Crippen LogP contribution in [0.1, 0.15) is 5.56 Å². The van der Waals surface area contributed by atoms with Gasteiger partial charge in [-0.1, -0.05) is 15.9 Å². The maximum Gasteiger partial charge on any atom is 0.294 e. The summed E-state index contributed by atoms with van der Waals surface area (Å²) < 4.78 is 0.854. The van der Waals surface area contributed by atoms with Gasteiger partial charge in [0.1, 0.15) is 6.54 Å². The third-order valence-electron chi connectivity index (χ3n) is 3.70. The molecule has 10 heteroatoms. The Bertz CT molecular complexity index is 989. The zero-order valence-corrected chi connectivity index (χ0v) is 16.5. The average Bonchev–Trinajstić information content (AvgIpc) is 2.91. The standard InChI is InChI=1S/C18H12BrN3O5S/c19-12-3-5-13(6-4-12)20-16(23)10-21-17(24)15(28-18(21)25)9-11-1-7-14(8-2-11)22(26)27/h1-9H,10H2,(H,20,23)/b15-9+. The minimum atomic E-state index is -0.584. The van der Waals surface area contributed by atoms with Crippen molar-refractivity contribution < 1.29 is 19.3 Å². The van der Waals surface area contributed by atoms with E-state index >= 15 is 0 Å². The molecule has 8 nitrogen and oxygen atoms in total. The smallest absolute Gasteiger partial charge is 0.294 e. The molecule has 1 N–H and O–H groups in total. The van der Waals surface area contributed by atoms with E-state index in [2.05, 4.69) is 21.2 Å². The second-order valence-electron chi connectivity index (χ2n) is 5.67. The van der Waals surface area contributed by atoms with Crippen LogP contribution in [0.4, 0.5) is 16.2 Å². The number of benzene rings is 2. The highest BCUT2D eigenvalue weighted by atomic mass is 79.9. The number of halogens is 1. The van der Waals surface area contributed by atoms with Gasteiger partial charge in [0.05, 0.1) is 9.83 Å². The predicted molar refractivity (Wildman–Crippen MR) is 109 cm³/mol. The lowest BCUT2D eigenvalue weighted by atomic mass is 10.2. The van der Waals surface area contributed by atoms with E-state index in [9.17, 15) is 24.5 Å². The molecule has 1 aliphatic rings. The highest BCUT2D eigenvalue weighted by Gasteiger charge is 2.36. The van der Waals surface area contributed by atoms with Gasteiger partial charge in [-0.2, -0.15) is 0 Å². The summed E-state index contributed by atoms with van der Waals surface area (Å²) >= 11 is 4.01. The summed E-state index contributed by atoms with van der Waals surface area (Å²) in [4.78, 5) is 47.9. The molecule has 1 heterocycles. The summed E-state index contributed by atoms with van der Waals surface area (Å²) in [6, 6.07) is 12.4. The van der Waals surface area contributed by atoms with Crippen molar-refractivity contribution in [3.05, 3.63) is 73.6 Å². The fraction of sp³-hybridized carbons (Fsp3) is 0.0556. The van der Waals surface area contributed by atoms with E-state index in [1.165, 1.54) is 30.3 Å². The number of non-ortho nitro benzene ring substituents is 1. The molecule has 3 rings (SSSR count). The minimum Gasteiger partial charge on any atom is -0.325 e. The van der Waals surface area contributed by atoms with Crippen LogP contribution in [0.25, 0.3) is 6.08 Å². The van der Waals surface area contributed by atoms with Crippen molar-refractivity contribution in [3.8, 4) is 0 Å². The molecule has 1 fully saturated rings. The molecular weight excluding hydrogens is 450 g/mol. The van der Waals surface area contributed by atoms with Gasteiger partial charge in [-0.05, 0) is 59.8 Å². The van der Waals surface area contributed by atoms with Crippen molar-refractivity contribution in [2.75, 3.05) is 11.9 Å². The van der Waals surface area contributed by atoms with Crippen LogP contribution in [-0.4, -0.2) is 33.4 Å². The van der Waals surface area contributed by atoms with Gasteiger partial charge in [-0.15, -0.1) is 0 Å². The van der Waals surface area contributed by atoms with Gasteiger partial charge in [-0.25, -0.2) is 0 Å². The van der Waals surface area contributed by atoms with Gasteiger partial charge in [0, 0.05) is 22.3 Å². The molecule has 0 spiro atoms. The number of carbonyl (C=O) groups is 3. The maximum atomic E-state index is 12.4. The molecule has 28 heavy (non-hydrogen) atoms. The molecular formula is C18H12BrN3O5S. The first-order chi connectivity index (χ1) is 13.3. The number of nitrogens with one attached hydrogen (secondary N) is 1. The van der Waals surface area contributed by atoms with Crippen LogP contribution in [0.15, 0.2) is 57.9 Å². The van der Waals surface area contributed by atoms with Crippen molar-refractivity contribution in [1.29, 1.82) is 0 Å². The normalized spacial score (nSPS) is 15.2. The van der Waals surface area contributed by atoms with Crippen molar-refractivity contribution in [2.45, 2.75) is 0 Å². The summed E-state index contributed by atoms with van der Waals surface area (Å²) in [5, 5.41) is 12.8. The minimum absolute atomic E-state index is 0.0742. The maximum absolute atomic E-state index is 12.4. The second-order valence-corrected chi connectivity index (χ2v) is 7.58. The number of thioether (sulfide) groups is 1. The second kappa shape index (κ2) is 8.36. The Kier molecular flexibility index (Phi) is 5.90. The third kappa shape index (κ3) is 4.65. The number of carbonyl (C=O) groups excluding carboxylic acids is 3. The first-order valence-electron chi connectivity index (χ1n) is 7.89. The van der Waals surface area contributed by atoms with E-state index in [1.807, 2.05) is 0 Å². The molecule has 0 unspecified atom stereocenters. The van der Waals surface area contributed by atoms with Crippen LogP contribution in [0.3, 0.4) is 0 Å². The Morgan fingerprint density at radius 2 is 1.79 bits per heavy atom. The monoisotopic (exact) mass is 461 g/mol. The fourth-order valence-corrected chi connectivity index (χ4v) is 3.46. The number of hydrogen-bond donors (Lipinski definition) is 1. The number of imide groups is 1. The summed E-state index contributed by atoms with van der Waals surface area (Å²) in [5.74, 6) is -1.08. The number of nitrogens with zero attached hydrogens (tertiary/aromatic N) is 2. The Hall–Kier alpha value is -2.98. The van der Waals surface area contributed by atoms with Crippen molar-refractivity contribution in [3.63, 3.8) is 0 Å². The number of rotatable bonds is 5. The molecule has 1 saturated heterocycles. The first kappa shape index (κ1) is 19.8. The van der Waals surface area contributed by atoms with Gasteiger partial charge >= 0.3 is 0 Å². The quantitative estimate of drug-likeness (QED) is 0.408. The molecule has 1 aliphatic heterocycles. The lowest BCUT2D eigenvalue weighted by molar-refractivity contribution is -0.384. The van der Waals surface area contributed by atoms with Gasteiger partial charge < -0.3 is 5.32 Å². The molecule has 2 aromatic rings. The average molecular weight is 462 g/mol. The summed E-state index contributed by atoms with van der Waals surface area (Å²) in [6.07, 6.45) is 1.46. The number of anilines is 1. The van der Waals surface area contributed by atoms with E-state index in [4.69, 9.17) is 0 Å². The van der Waals surface area contributed by atoms with Gasteiger partial charge in [-0.3, -0.25) is 29.4 Å². The lowest BCUT2D eigenvalue weighted by Crippen LogP contribution is -2.36. The van der Waals surface area contributed by atoms with Gasteiger partial charge in [0.2, 0.25) is 5.91 Å². The van der Waals surface area contributed by atoms with Crippen LogP contribution in [0.2, 0.25) is 0 Å². The molecule has 2 aromatic carbocycles. The molecule has 142 valence electrons. The fourth-order valence-electron chi connectivity index (χ4n) is 2.36. The van der Waals surface area contributed by atoms with Crippen molar-refractivity contribution in [1.82, 2.24) is 4.90 Å². The molecule has 0 atom stereocenters. The van der Waals surface area contributed by atoms with E-state index in [-0.39, 0.29) is 10.6 Å². The van der Waals surface area contributed by atoms with Crippen LogP contribution >= 0.6 is 27.7 Å². The van der Waals surface area contributed by atoms with Crippen LogP contribution in [-0.2, 0) is 9.59 Å². The summed E-state index contributed by atoms with van der Waals surface area (Å²) in [5.41, 5.74) is 1.01. The molecule has 0 saturated carbocycles. The Morgan fingerprint density at radius 3 is 2.39 bits per heavy atom. The van der Waals surface area contributed by atoms with Crippen LogP contribution in [0.5, 0.6) is 0 Å². The SMILES string of the molecule is O=C(CN1C(=O)S/C(=C/c2ccc([N+](=O)[O-])cc2)C1=O)Nc1ccc(Br)cc1. The molecule has 0 radical (unpaired) electrons. The highest BCUT2D eigenvalue weighted by molar-refractivity contribution is 9.10. The third-order valence-corrected chi connectivity index (χ3v) is 5.14. The molecule has 0 aliphatic carbocycles. The number of amides is 3. The van der Waals surface area contributed by atoms with Crippen LogP contribution < -0.4 is 5.32 Å². The van der Waals surface area contributed by atoms with Gasteiger partial charge in [0.15, 0.2) is 0 Å². The molecule has 0 aromatic heterocycles. The number of nitro groups is 1. The zero-order valence-electron chi connectivity index (χ0n) is 14.1. The van der Waals surface area contributed by atoms with E-state index in [0.717, 1.165) is 9.37 Å². The number of hydrogen-bond acceptors (Lipinski definition) is 6. The van der Waals surface area contributed by atoms with Crippen LogP contribution in [0, 0.1) is 10.1 Å². The van der Waals surface area contributed by atoms with E-state index in [1.54, 1.807) is 24.3 Å². The first-order valence-corrected chi connectivity index (χ1v) is 9.49. The zero-order chi connectivity index (χ0) is 20.3. The molecule has 3 amide bonds. The summed E-state index contributed by atoms with van der Waals surface area (Å²) in [7, 11) is 0. The predicted octanol–water partition coefficient (Wildman–Crippen LogP) is 4.03. The highest BCUT2D eigenvalue weighted by Crippen LogP contribution is 2.32. The Morgan fingerprint density at radius 1 is 1.14 bits per heavy atom. The lowest BCUT2D eigenvalue weighted by Gasteiger charge is -2.12. The Balaban J connectivity index is 1.68. The Labute approximate surface area is 171 Å². The summed E-state index contributed by atoms with van der Waals surface area (Å²) in [6.45, 7) is -0.404. The topological polar surface area (TPSA) is 110 Å². The van der Waals surface area contributed by atoms with Crippen molar-refractivity contribution >= 4 is 62.2 Å². The molecule has 0 bridgehead atoms.